The number of aryl methyl sites for hydroxylation is 1. The zero-order chi connectivity index (χ0) is 19.6. The van der Waals surface area contributed by atoms with Crippen LogP contribution in [-0.4, -0.2) is 66.1 Å². The Hall–Kier alpha value is -2.67. The van der Waals surface area contributed by atoms with E-state index in [0.717, 1.165) is 17.1 Å². The number of amides is 1. The van der Waals surface area contributed by atoms with Crippen molar-refractivity contribution >= 4 is 11.9 Å². The maximum atomic E-state index is 13.2. The molecule has 144 valence electrons. The maximum Gasteiger partial charge on any atom is 0.409 e. The molecule has 1 aliphatic rings. The van der Waals surface area contributed by atoms with E-state index in [2.05, 4.69) is 0 Å². The van der Waals surface area contributed by atoms with Gasteiger partial charge in [-0.3, -0.25) is 9.69 Å². The SMILES string of the molecule is COC(=O)N1CCN(CC(=O)c2cc(C)n(-c3ccc(F)cc3)c2C)CC1. The van der Waals surface area contributed by atoms with Crippen LogP contribution in [0.15, 0.2) is 30.3 Å². The van der Waals surface area contributed by atoms with Crippen molar-refractivity contribution in [2.45, 2.75) is 13.8 Å². The van der Waals surface area contributed by atoms with E-state index < -0.39 is 0 Å². The zero-order valence-electron chi connectivity index (χ0n) is 15.9. The van der Waals surface area contributed by atoms with E-state index in [1.807, 2.05) is 29.4 Å². The van der Waals surface area contributed by atoms with E-state index in [-0.39, 0.29) is 17.7 Å². The predicted octanol–water partition coefficient (Wildman–Crippen LogP) is 2.80. The van der Waals surface area contributed by atoms with Gasteiger partial charge >= 0.3 is 6.09 Å². The van der Waals surface area contributed by atoms with Crippen molar-refractivity contribution in [3.05, 3.63) is 53.1 Å². The zero-order valence-corrected chi connectivity index (χ0v) is 15.9. The molecular formula is C20H24FN3O3. The minimum absolute atomic E-state index is 0.0444. The minimum Gasteiger partial charge on any atom is -0.453 e. The van der Waals surface area contributed by atoms with Gasteiger partial charge in [-0.25, -0.2) is 9.18 Å². The maximum absolute atomic E-state index is 13.2. The Balaban J connectivity index is 1.70. The summed E-state index contributed by atoms with van der Waals surface area (Å²) in [5.74, 6) is -0.244. The molecule has 2 aromatic rings. The molecule has 1 aromatic carbocycles. The first-order valence-corrected chi connectivity index (χ1v) is 8.94. The Morgan fingerprint density at radius 3 is 2.30 bits per heavy atom. The number of Topliss-reactive ketones (excluding diaryl/α,β-unsaturated/α-hetero) is 1. The molecule has 0 aliphatic carbocycles. The van der Waals surface area contributed by atoms with Gasteiger partial charge in [0.15, 0.2) is 5.78 Å². The lowest BCUT2D eigenvalue weighted by atomic mass is 10.1. The molecule has 1 fully saturated rings. The third-order valence-electron chi connectivity index (χ3n) is 4.99. The molecule has 3 rings (SSSR count). The van der Waals surface area contributed by atoms with Crippen molar-refractivity contribution in [2.75, 3.05) is 39.8 Å². The van der Waals surface area contributed by atoms with Gasteiger partial charge in [-0.15, -0.1) is 0 Å². The predicted molar refractivity (Wildman–Crippen MR) is 99.9 cm³/mol. The van der Waals surface area contributed by atoms with Gasteiger partial charge in [0.1, 0.15) is 5.82 Å². The summed E-state index contributed by atoms with van der Waals surface area (Å²) >= 11 is 0. The molecule has 0 spiro atoms. The third kappa shape index (κ3) is 4.03. The lowest BCUT2D eigenvalue weighted by Gasteiger charge is -2.33. The number of nitrogens with zero attached hydrogens (tertiary/aromatic N) is 3. The van der Waals surface area contributed by atoms with Crippen LogP contribution >= 0.6 is 0 Å². The standard InChI is InChI=1S/C20H24FN3O3/c1-14-12-18(15(2)24(14)17-6-4-16(21)5-7-17)19(25)13-22-8-10-23(11-9-22)20(26)27-3/h4-7,12H,8-11,13H2,1-3H3. The number of ketones is 1. The van der Waals surface area contributed by atoms with Crippen molar-refractivity contribution in [1.82, 2.24) is 14.4 Å². The molecule has 0 radical (unpaired) electrons. The lowest BCUT2D eigenvalue weighted by molar-refractivity contribution is 0.0790. The number of piperazine rings is 1. The molecule has 27 heavy (non-hydrogen) atoms. The number of rotatable bonds is 4. The molecule has 6 nitrogen and oxygen atoms in total. The summed E-state index contributed by atoms with van der Waals surface area (Å²) < 4.78 is 19.9. The van der Waals surface area contributed by atoms with Gasteiger partial charge < -0.3 is 14.2 Å². The number of hydrogen-bond donors (Lipinski definition) is 0. The van der Waals surface area contributed by atoms with Gasteiger partial charge in [0.2, 0.25) is 0 Å². The molecule has 0 atom stereocenters. The number of halogens is 1. The highest BCUT2D eigenvalue weighted by Crippen LogP contribution is 2.22. The summed E-state index contributed by atoms with van der Waals surface area (Å²) in [7, 11) is 1.37. The summed E-state index contributed by atoms with van der Waals surface area (Å²) in [6.45, 7) is 6.52. The highest BCUT2D eigenvalue weighted by molar-refractivity contribution is 5.99. The van der Waals surface area contributed by atoms with Crippen molar-refractivity contribution in [3.63, 3.8) is 0 Å². The van der Waals surface area contributed by atoms with Crippen LogP contribution < -0.4 is 0 Å². The van der Waals surface area contributed by atoms with E-state index in [1.54, 1.807) is 17.0 Å². The normalized spacial score (nSPS) is 15.0. The summed E-state index contributed by atoms with van der Waals surface area (Å²) in [6, 6.07) is 8.12. The second kappa shape index (κ2) is 7.92. The number of benzene rings is 1. The first kappa shape index (κ1) is 19.1. The first-order valence-electron chi connectivity index (χ1n) is 8.94. The number of hydrogen-bond acceptors (Lipinski definition) is 4. The average Bonchev–Trinajstić information content (AvgIpc) is 2.97. The summed E-state index contributed by atoms with van der Waals surface area (Å²) in [4.78, 5) is 28.1. The van der Waals surface area contributed by atoms with Gasteiger partial charge in [-0.1, -0.05) is 0 Å². The smallest absolute Gasteiger partial charge is 0.409 e. The van der Waals surface area contributed by atoms with Gasteiger partial charge in [0, 0.05) is 48.8 Å². The van der Waals surface area contributed by atoms with Gasteiger partial charge in [-0.2, -0.15) is 0 Å². The second-order valence-electron chi connectivity index (χ2n) is 6.75. The molecule has 0 saturated carbocycles. The Morgan fingerprint density at radius 1 is 1.07 bits per heavy atom. The van der Waals surface area contributed by atoms with Crippen LogP contribution in [0.3, 0.4) is 0 Å². The fourth-order valence-electron chi connectivity index (χ4n) is 3.54. The van der Waals surface area contributed by atoms with Crippen molar-refractivity contribution in [2.24, 2.45) is 0 Å². The van der Waals surface area contributed by atoms with E-state index in [4.69, 9.17) is 4.74 Å². The monoisotopic (exact) mass is 373 g/mol. The highest BCUT2D eigenvalue weighted by atomic mass is 19.1. The van der Waals surface area contributed by atoms with Crippen molar-refractivity contribution in [3.8, 4) is 5.69 Å². The quantitative estimate of drug-likeness (QED) is 0.774. The topological polar surface area (TPSA) is 54.8 Å². The molecule has 0 N–H and O–H groups in total. The Kier molecular flexibility index (Phi) is 5.60. The van der Waals surface area contributed by atoms with Crippen LogP contribution in [0.2, 0.25) is 0 Å². The van der Waals surface area contributed by atoms with Gasteiger partial charge in [0.25, 0.3) is 0 Å². The van der Waals surface area contributed by atoms with E-state index in [1.165, 1.54) is 19.2 Å². The molecule has 1 aromatic heterocycles. The second-order valence-corrected chi connectivity index (χ2v) is 6.75. The summed E-state index contributed by atoms with van der Waals surface area (Å²) in [5, 5.41) is 0. The van der Waals surface area contributed by atoms with Crippen LogP contribution in [-0.2, 0) is 4.74 Å². The number of carbonyl (C=O) groups excluding carboxylic acids is 2. The minimum atomic E-state index is -0.330. The Labute approximate surface area is 158 Å². The van der Waals surface area contributed by atoms with Crippen LogP contribution in [0.1, 0.15) is 21.7 Å². The molecule has 7 heteroatoms. The van der Waals surface area contributed by atoms with E-state index >= 15 is 0 Å². The van der Waals surface area contributed by atoms with Crippen molar-refractivity contribution in [1.29, 1.82) is 0 Å². The fourth-order valence-corrected chi connectivity index (χ4v) is 3.54. The molecule has 1 saturated heterocycles. The number of ether oxygens (including phenoxy) is 1. The summed E-state index contributed by atoms with van der Waals surface area (Å²) in [5.41, 5.74) is 3.28. The third-order valence-corrected chi connectivity index (χ3v) is 4.99. The van der Waals surface area contributed by atoms with Gasteiger partial charge in [0.05, 0.1) is 13.7 Å². The Morgan fingerprint density at radius 2 is 1.70 bits per heavy atom. The van der Waals surface area contributed by atoms with Crippen molar-refractivity contribution < 1.29 is 18.7 Å². The summed E-state index contributed by atoms with van der Waals surface area (Å²) in [6.07, 6.45) is -0.330. The number of carbonyl (C=O) groups is 2. The van der Waals surface area contributed by atoms with Crippen LogP contribution in [0.5, 0.6) is 0 Å². The molecule has 2 heterocycles. The number of methoxy groups -OCH3 is 1. The molecule has 1 aliphatic heterocycles. The Bertz CT molecular complexity index is 837. The molecule has 0 bridgehead atoms. The molecule has 0 unspecified atom stereocenters. The van der Waals surface area contributed by atoms with E-state index in [9.17, 15) is 14.0 Å². The van der Waals surface area contributed by atoms with Crippen LogP contribution in [0.4, 0.5) is 9.18 Å². The molecular weight excluding hydrogens is 349 g/mol. The van der Waals surface area contributed by atoms with Crippen LogP contribution in [0.25, 0.3) is 5.69 Å². The highest BCUT2D eigenvalue weighted by Gasteiger charge is 2.24. The average molecular weight is 373 g/mol. The van der Waals surface area contributed by atoms with E-state index in [0.29, 0.717) is 38.3 Å². The van der Waals surface area contributed by atoms with Crippen LogP contribution in [0, 0.1) is 19.7 Å². The lowest BCUT2D eigenvalue weighted by Crippen LogP contribution is -2.49. The fraction of sp³-hybridized carbons (Fsp3) is 0.400. The largest absolute Gasteiger partial charge is 0.453 e. The first-order chi connectivity index (χ1) is 12.9. The number of aromatic nitrogens is 1. The van der Waals surface area contributed by atoms with Gasteiger partial charge in [-0.05, 0) is 44.2 Å². The molecule has 1 amide bonds.